The van der Waals surface area contributed by atoms with Gasteiger partial charge in [0.1, 0.15) is 0 Å². The average Bonchev–Trinajstić information content (AvgIpc) is 2.82. The second-order valence-electron chi connectivity index (χ2n) is 3.96. The summed E-state index contributed by atoms with van der Waals surface area (Å²) in [5.74, 6) is -0.435. The van der Waals surface area contributed by atoms with Crippen molar-refractivity contribution < 1.29 is 9.53 Å². The number of nitrogens with one attached hydrogen (secondary N) is 1. The zero-order valence-corrected chi connectivity index (χ0v) is 11.6. The van der Waals surface area contributed by atoms with E-state index in [1.54, 1.807) is 23.5 Å². The summed E-state index contributed by atoms with van der Waals surface area (Å²) in [6.07, 6.45) is 1.83. The van der Waals surface area contributed by atoms with Gasteiger partial charge in [-0.2, -0.15) is 0 Å². The van der Waals surface area contributed by atoms with E-state index in [0.717, 1.165) is 9.88 Å². The van der Waals surface area contributed by atoms with Crippen LogP contribution in [-0.4, -0.2) is 18.1 Å². The molecule has 0 atom stereocenters. The van der Waals surface area contributed by atoms with Crippen molar-refractivity contribution in [3.63, 3.8) is 0 Å². The van der Waals surface area contributed by atoms with Crippen LogP contribution < -0.4 is 11.1 Å². The minimum Gasteiger partial charge on any atom is -0.465 e. The molecule has 2 rings (SSSR count). The topological polar surface area (TPSA) is 77.2 Å². The average molecular weight is 277 g/mol. The van der Waals surface area contributed by atoms with E-state index in [0.29, 0.717) is 23.5 Å². The maximum atomic E-state index is 11.5. The molecule has 2 aromatic rings. The Kier molecular flexibility index (Phi) is 4.01. The Labute approximate surface area is 115 Å². The van der Waals surface area contributed by atoms with Gasteiger partial charge in [-0.25, -0.2) is 9.78 Å². The molecule has 0 amide bonds. The largest absolute Gasteiger partial charge is 0.465 e. The van der Waals surface area contributed by atoms with Crippen LogP contribution in [0.4, 0.5) is 11.4 Å². The van der Waals surface area contributed by atoms with Crippen molar-refractivity contribution in [1.29, 1.82) is 0 Å². The lowest BCUT2D eigenvalue weighted by Crippen LogP contribution is -2.09. The predicted molar refractivity (Wildman–Crippen MR) is 76.4 cm³/mol. The van der Waals surface area contributed by atoms with E-state index in [4.69, 9.17) is 5.73 Å². The number of aromatic nitrogens is 1. The number of carbonyl (C=O) groups is 1. The molecule has 0 spiro atoms. The Bertz CT molecular complexity index is 595. The number of carbonyl (C=O) groups excluding carboxylic acids is 1. The number of rotatable bonds is 4. The summed E-state index contributed by atoms with van der Waals surface area (Å²) in [4.78, 5) is 16.8. The fraction of sp³-hybridized carbons (Fsp3) is 0.231. The molecule has 0 fully saturated rings. The van der Waals surface area contributed by atoms with E-state index >= 15 is 0 Å². The second-order valence-corrected chi connectivity index (χ2v) is 5.28. The van der Waals surface area contributed by atoms with Gasteiger partial charge in [-0.15, -0.1) is 11.3 Å². The number of benzene rings is 1. The van der Waals surface area contributed by atoms with Crippen LogP contribution in [0.2, 0.25) is 0 Å². The molecule has 19 heavy (non-hydrogen) atoms. The molecule has 6 heteroatoms. The SMILES string of the molecule is COC(=O)c1cccc(NCc2cnc(C)s2)c1N. The van der Waals surface area contributed by atoms with Gasteiger partial charge < -0.3 is 15.8 Å². The molecule has 1 heterocycles. The summed E-state index contributed by atoms with van der Waals surface area (Å²) in [7, 11) is 1.34. The molecule has 0 aliphatic rings. The molecule has 0 saturated carbocycles. The highest BCUT2D eigenvalue weighted by Crippen LogP contribution is 2.24. The number of aryl methyl sites for hydroxylation is 1. The number of nitrogens with two attached hydrogens (primary N) is 1. The van der Waals surface area contributed by atoms with Crippen LogP contribution in [-0.2, 0) is 11.3 Å². The third kappa shape index (κ3) is 3.03. The normalized spacial score (nSPS) is 10.2. The predicted octanol–water partition coefficient (Wildman–Crippen LogP) is 2.43. The molecule has 0 unspecified atom stereocenters. The number of hydrogen-bond donors (Lipinski definition) is 2. The van der Waals surface area contributed by atoms with Gasteiger partial charge in [-0.1, -0.05) is 6.07 Å². The van der Waals surface area contributed by atoms with Crippen molar-refractivity contribution in [2.45, 2.75) is 13.5 Å². The van der Waals surface area contributed by atoms with Crippen molar-refractivity contribution in [3.8, 4) is 0 Å². The number of thiazole rings is 1. The molecule has 0 radical (unpaired) electrons. The molecular formula is C13H15N3O2S. The molecule has 3 N–H and O–H groups in total. The van der Waals surface area contributed by atoms with E-state index in [2.05, 4.69) is 15.0 Å². The van der Waals surface area contributed by atoms with Crippen molar-refractivity contribution in [1.82, 2.24) is 4.98 Å². The lowest BCUT2D eigenvalue weighted by Gasteiger charge is -2.11. The fourth-order valence-corrected chi connectivity index (χ4v) is 2.41. The van der Waals surface area contributed by atoms with E-state index in [-0.39, 0.29) is 0 Å². The number of nitrogen functional groups attached to an aromatic ring is 1. The molecule has 0 bridgehead atoms. The minimum absolute atomic E-state index is 0.369. The Hall–Kier alpha value is -2.08. The van der Waals surface area contributed by atoms with Gasteiger partial charge in [0.2, 0.25) is 0 Å². The quantitative estimate of drug-likeness (QED) is 0.663. The van der Waals surface area contributed by atoms with Crippen LogP contribution >= 0.6 is 11.3 Å². The van der Waals surface area contributed by atoms with Crippen LogP contribution in [0, 0.1) is 6.92 Å². The summed E-state index contributed by atoms with van der Waals surface area (Å²) in [6, 6.07) is 5.24. The van der Waals surface area contributed by atoms with Crippen LogP contribution in [0.25, 0.3) is 0 Å². The first-order valence-corrected chi connectivity index (χ1v) is 6.55. The van der Waals surface area contributed by atoms with Gasteiger partial charge in [0, 0.05) is 11.1 Å². The third-order valence-electron chi connectivity index (χ3n) is 2.63. The first kappa shape index (κ1) is 13.4. The first-order valence-electron chi connectivity index (χ1n) is 5.74. The lowest BCUT2D eigenvalue weighted by molar-refractivity contribution is 0.0602. The molecule has 1 aromatic carbocycles. The summed E-state index contributed by atoms with van der Waals surface area (Å²) in [5.41, 5.74) is 7.44. The molecule has 0 aliphatic heterocycles. The third-order valence-corrected chi connectivity index (χ3v) is 3.55. The Balaban J connectivity index is 2.14. The van der Waals surface area contributed by atoms with Crippen LogP contribution in [0.3, 0.4) is 0 Å². The maximum Gasteiger partial charge on any atom is 0.340 e. The number of methoxy groups -OCH3 is 1. The molecular weight excluding hydrogens is 262 g/mol. The Morgan fingerprint density at radius 1 is 1.53 bits per heavy atom. The van der Waals surface area contributed by atoms with Gasteiger partial charge in [-0.05, 0) is 19.1 Å². The summed E-state index contributed by atoms with van der Waals surface area (Å²) >= 11 is 1.62. The van der Waals surface area contributed by atoms with E-state index in [1.807, 2.05) is 19.2 Å². The number of nitrogens with zero attached hydrogens (tertiary/aromatic N) is 1. The monoisotopic (exact) mass is 277 g/mol. The number of para-hydroxylation sites is 1. The van der Waals surface area contributed by atoms with Gasteiger partial charge in [0.05, 0.1) is 35.6 Å². The summed E-state index contributed by atoms with van der Waals surface area (Å²) < 4.78 is 4.68. The fourth-order valence-electron chi connectivity index (χ4n) is 1.68. The number of esters is 1. The van der Waals surface area contributed by atoms with Crippen molar-refractivity contribution >= 4 is 28.7 Å². The highest BCUT2D eigenvalue weighted by molar-refractivity contribution is 7.11. The Morgan fingerprint density at radius 2 is 2.32 bits per heavy atom. The molecule has 1 aromatic heterocycles. The molecule has 5 nitrogen and oxygen atoms in total. The molecule has 100 valence electrons. The molecule has 0 saturated heterocycles. The highest BCUT2D eigenvalue weighted by Gasteiger charge is 2.12. The van der Waals surface area contributed by atoms with Gasteiger partial charge in [0.15, 0.2) is 0 Å². The Morgan fingerprint density at radius 3 is 2.95 bits per heavy atom. The zero-order chi connectivity index (χ0) is 13.8. The number of ether oxygens (including phenoxy) is 1. The molecule has 0 aliphatic carbocycles. The van der Waals surface area contributed by atoms with Gasteiger partial charge in [0.25, 0.3) is 0 Å². The van der Waals surface area contributed by atoms with E-state index in [9.17, 15) is 4.79 Å². The van der Waals surface area contributed by atoms with Crippen molar-refractivity contribution in [2.24, 2.45) is 0 Å². The van der Waals surface area contributed by atoms with Crippen LogP contribution in [0.5, 0.6) is 0 Å². The maximum absolute atomic E-state index is 11.5. The first-order chi connectivity index (χ1) is 9.11. The van der Waals surface area contributed by atoms with Crippen LogP contribution in [0.1, 0.15) is 20.2 Å². The highest BCUT2D eigenvalue weighted by atomic mass is 32.1. The number of hydrogen-bond acceptors (Lipinski definition) is 6. The van der Waals surface area contributed by atoms with Crippen LogP contribution in [0.15, 0.2) is 24.4 Å². The second kappa shape index (κ2) is 5.71. The zero-order valence-electron chi connectivity index (χ0n) is 10.8. The van der Waals surface area contributed by atoms with Crippen molar-refractivity contribution in [2.75, 3.05) is 18.2 Å². The van der Waals surface area contributed by atoms with E-state index in [1.165, 1.54) is 7.11 Å². The minimum atomic E-state index is -0.435. The van der Waals surface area contributed by atoms with Gasteiger partial charge in [-0.3, -0.25) is 0 Å². The summed E-state index contributed by atoms with van der Waals surface area (Å²) in [6.45, 7) is 2.58. The van der Waals surface area contributed by atoms with E-state index < -0.39 is 5.97 Å². The smallest absolute Gasteiger partial charge is 0.340 e. The van der Waals surface area contributed by atoms with Crippen molar-refractivity contribution in [3.05, 3.63) is 39.8 Å². The van der Waals surface area contributed by atoms with Gasteiger partial charge >= 0.3 is 5.97 Å². The number of anilines is 2. The lowest BCUT2D eigenvalue weighted by atomic mass is 10.1. The summed E-state index contributed by atoms with van der Waals surface area (Å²) in [5, 5.41) is 4.22. The standard InChI is InChI=1S/C13H15N3O2S/c1-8-15-6-9(19-8)7-16-11-5-3-4-10(12(11)14)13(17)18-2/h3-6,16H,7,14H2,1-2H3.